The molecule has 0 N–H and O–H groups in total. The highest BCUT2D eigenvalue weighted by Gasteiger charge is 2.29. The van der Waals surface area contributed by atoms with Crippen LogP contribution >= 0.6 is 0 Å². The summed E-state index contributed by atoms with van der Waals surface area (Å²) in [6.07, 6.45) is 10.5. The molecule has 2 heteroatoms. The fraction of sp³-hybridized carbons (Fsp3) is 0.435. The first-order chi connectivity index (χ1) is 11.9. The fourth-order valence-electron chi connectivity index (χ4n) is 3.79. The van der Waals surface area contributed by atoms with Crippen molar-refractivity contribution in [1.82, 2.24) is 0 Å². The van der Waals surface area contributed by atoms with Crippen molar-refractivity contribution in [3.05, 3.63) is 65.4 Å². The van der Waals surface area contributed by atoms with Crippen LogP contribution in [0.25, 0.3) is 0 Å². The molecule has 0 bridgehead atoms. The van der Waals surface area contributed by atoms with Crippen LogP contribution in [-0.2, 0) is 0 Å². The van der Waals surface area contributed by atoms with E-state index in [1.54, 1.807) is 0 Å². The Kier molecular flexibility index (Phi) is 4.99. The van der Waals surface area contributed by atoms with Crippen molar-refractivity contribution >= 4 is 11.4 Å². The monoisotopic (exact) mass is 334 g/mol. The molecule has 1 aliphatic carbocycles. The zero-order chi connectivity index (χ0) is 18.0. The molecule has 25 heavy (non-hydrogen) atoms. The summed E-state index contributed by atoms with van der Waals surface area (Å²) >= 11 is 0. The summed E-state index contributed by atoms with van der Waals surface area (Å²) in [5, 5.41) is 0. The van der Waals surface area contributed by atoms with Crippen LogP contribution in [0, 0.1) is 5.41 Å². The van der Waals surface area contributed by atoms with Gasteiger partial charge in [0.05, 0.1) is 0 Å². The predicted molar refractivity (Wildman–Crippen MR) is 109 cm³/mol. The van der Waals surface area contributed by atoms with E-state index in [2.05, 4.69) is 88.1 Å². The third-order valence-corrected chi connectivity index (χ3v) is 5.16. The molecule has 0 spiro atoms. The number of aliphatic imine (C=N–C) groups is 1. The van der Waals surface area contributed by atoms with Crippen LogP contribution in [0.5, 0.6) is 0 Å². The Morgan fingerprint density at radius 3 is 2.48 bits per heavy atom. The molecule has 0 fully saturated rings. The maximum Gasteiger partial charge on any atom is 0.125 e. The molecule has 0 amide bonds. The van der Waals surface area contributed by atoms with Gasteiger partial charge in [0.15, 0.2) is 0 Å². The lowest BCUT2D eigenvalue weighted by molar-refractivity contribution is 0.482. The van der Waals surface area contributed by atoms with E-state index in [0.29, 0.717) is 0 Å². The van der Waals surface area contributed by atoms with Crippen LogP contribution in [0.1, 0.15) is 53.9 Å². The van der Waals surface area contributed by atoms with Gasteiger partial charge in [-0.1, -0.05) is 63.6 Å². The number of rotatable bonds is 4. The normalized spacial score (nSPS) is 22.8. The molecule has 0 saturated heterocycles. The first-order valence-electron chi connectivity index (χ1n) is 9.42. The smallest absolute Gasteiger partial charge is 0.125 e. The van der Waals surface area contributed by atoms with E-state index in [0.717, 1.165) is 19.3 Å². The van der Waals surface area contributed by atoms with Crippen molar-refractivity contribution in [1.29, 1.82) is 0 Å². The van der Waals surface area contributed by atoms with Crippen LogP contribution in [0.4, 0.5) is 5.69 Å². The quantitative estimate of drug-likeness (QED) is 0.632. The molecular weight excluding hydrogens is 304 g/mol. The number of allylic oxidation sites excluding steroid dienone is 6. The molecule has 1 aromatic rings. The van der Waals surface area contributed by atoms with E-state index in [4.69, 9.17) is 4.99 Å². The Labute approximate surface area is 152 Å². The van der Waals surface area contributed by atoms with Crippen LogP contribution in [-0.4, -0.2) is 11.9 Å². The second-order valence-corrected chi connectivity index (χ2v) is 7.84. The standard InChI is InChI=1S/C23H30N2/c1-6-10-21-24-17(2)22(19-13-15-23(4,5)16-14-19)18(3)25(21)20-11-8-7-9-12-20/h7-9,11-15,21H,6,10,16H2,1-5H3. The van der Waals surface area contributed by atoms with Gasteiger partial charge in [0, 0.05) is 22.7 Å². The molecule has 0 radical (unpaired) electrons. The number of hydrogen-bond acceptors (Lipinski definition) is 2. The van der Waals surface area contributed by atoms with E-state index >= 15 is 0 Å². The summed E-state index contributed by atoms with van der Waals surface area (Å²) in [5.41, 5.74) is 6.57. The van der Waals surface area contributed by atoms with E-state index in [1.807, 2.05) is 0 Å². The molecule has 1 atom stereocenters. The Morgan fingerprint density at radius 2 is 1.88 bits per heavy atom. The second kappa shape index (κ2) is 7.03. The van der Waals surface area contributed by atoms with Crippen LogP contribution in [0.15, 0.2) is 70.4 Å². The van der Waals surface area contributed by atoms with Gasteiger partial charge in [-0.05, 0) is 49.8 Å². The molecule has 3 rings (SSSR count). The molecule has 1 heterocycles. The number of nitrogens with zero attached hydrogens (tertiary/aromatic N) is 2. The SMILES string of the molecule is CCCC1N=C(C)C(C2=CCC(C)(C)C=C2)=C(C)N1c1ccccc1. The van der Waals surface area contributed by atoms with Crippen molar-refractivity contribution in [2.24, 2.45) is 10.4 Å². The zero-order valence-corrected chi connectivity index (χ0v) is 16.2. The van der Waals surface area contributed by atoms with Crippen LogP contribution in [0.3, 0.4) is 0 Å². The van der Waals surface area contributed by atoms with Crippen molar-refractivity contribution in [2.45, 2.75) is 60.0 Å². The minimum absolute atomic E-state index is 0.195. The van der Waals surface area contributed by atoms with Gasteiger partial charge in [-0.25, -0.2) is 0 Å². The van der Waals surface area contributed by atoms with Gasteiger partial charge in [0.1, 0.15) is 6.17 Å². The predicted octanol–water partition coefficient (Wildman–Crippen LogP) is 6.28. The van der Waals surface area contributed by atoms with Gasteiger partial charge >= 0.3 is 0 Å². The number of anilines is 1. The Morgan fingerprint density at radius 1 is 1.16 bits per heavy atom. The van der Waals surface area contributed by atoms with Gasteiger partial charge in [-0.3, -0.25) is 4.99 Å². The average Bonchev–Trinajstić information content (AvgIpc) is 2.57. The topological polar surface area (TPSA) is 15.6 Å². The third kappa shape index (κ3) is 3.63. The highest BCUT2D eigenvalue weighted by molar-refractivity contribution is 6.05. The van der Waals surface area contributed by atoms with E-state index < -0.39 is 0 Å². The molecule has 2 aliphatic rings. The van der Waals surface area contributed by atoms with Gasteiger partial charge in [0.2, 0.25) is 0 Å². The van der Waals surface area contributed by atoms with Crippen molar-refractivity contribution < 1.29 is 0 Å². The first kappa shape index (κ1) is 17.7. The van der Waals surface area contributed by atoms with E-state index in [-0.39, 0.29) is 11.6 Å². The van der Waals surface area contributed by atoms with Gasteiger partial charge in [-0.15, -0.1) is 0 Å². The lowest BCUT2D eigenvalue weighted by atomic mass is 9.81. The average molecular weight is 335 g/mol. The minimum Gasteiger partial charge on any atom is -0.322 e. The summed E-state index contributed by atoms with van der Waals surface area (Å²) in [6, 6.07) is 10.7. The Balaban J connectivity index is 2.05. The number of hydrogen-bond donors (Lipinski definition) is 0. The molecule has 2 nitrogen and oxygen atoms in total. The number of benzene rings is 1. The summed E-state index contributed by atoms with van der Waals surface area (Å²) in [6.45, 7) is 11.2. The van der Waals surface area contributed by atoms with Crippen molar-refractivity contribution in [3.8, 4) is 0 Å². The lowest BCUT2D eigenvalue weighted by Gasteiger charge is -2.38. The highest BCUT2D eigenvalue weighted by atomic mass is 15.3. The van der Waals surface area contributed by atoms with Crippen molar-refractivity contribution in [3.63, 3.8) is 0 Å². The maximum atomic E-state index is 5.08. The summed E-state index contributed by atoms with van der Waals surface area (Å²) in [7, 11) is 0. The minimum atomic E-state index is 0.195. The molecule has 0 saturated carbocycles. The summed E-state index contributed by atoms with van der Waals surface area (Å²) < 4.78 is 0. The number of para-hydroxylation sites is 1. The molecular formula is C23H30N2. The van der Waals surface area contributed by atoms with Crippen LogP contribution < -0.4 is 4.90 Å². The zero-order valence-electron chi connectivity index (χ0n) is 16.2. The molecule has 1 aromatic carbocycles. The molecule has 0 aromatic heterocycles. The summed E-state index contributed by atoms with van der Waals surface area (Å²) in [5.74, 6) is 0. The van der Waals surface area contributed by atoms with Crippen LogP contribution in [0.2, 0.25) is 0 Å². The largest absolute Gasteiger partial charge is 0.322 e. The Hall–Kier alpha value is -2.09. The Bertz CT molecular complexity index is 748. The van der Waals surface area contributed by atoms with E-state index in [9.17, 15) is 0 Å². The summed E-state index contributed by atoms with van der Waals surface area (Å²) in [4.78, 5) is 7.50. The van der Waals surface area contributed by atoms with Gasteiger partial charge < -0.3 is 4.90 Å². The molecule has 132 valence electrons. The second-order valence-electron chi connectivity index (χ2n) is 7.84. The lowest BCUT2D eigenvalue weighted by Crippen LogP contribution is -2.38. The fourth-order valence-corrected chi connectivity index (χ4v) is 3.79. The highest BCUT2D eigenvalue weighted by Crippen LogP contribution is 2.37. The first-order valence-corrected chi connectivity index (χ1v) is 9.42. The van der Waals surface area contributed by atoms with Gasteiger partial charge in [0.25, 0.3) is 0 Å². The van der Waals surface area contributed by atoms with E-state index in [1.165, 1.54) is 28.2 Å². The van der Waals surface area contributed by atoms with Gasteiger partial charge in [-0.2, -0.15) is 0 Å². The maximum absolute atomic E-state index is 5.08. The molecule has 1 unspecified atom stereocenters. The van der Waals surface area contributed by atoms with Crippen molar-refractivity contribution in [2.75, 3.05) is 4.90 Å². The third-order valence-electron chi connectivity index (χ3n) is 5.16. The molecule has 1 aliphatic heterocycles.